The number of nitrogens with two attached hydrogens (primary N) is 2. The summed E-state index contributed by atoms with van der Waals surface area (Å²) in [5.41, 5.74) is 8.67. The molecule has 0 aliphatic carbocycles. The Labute approximate surface area is 124 Å². The maximum atomic E-state index is 9.09. The van der Waals surface area contributed by atoms with E-state index in [1.165, 1.54) is 0 Å². The van der Waals surface area contributed by atoms with Crippen LogP contribution < -0.4 is 41.0 Å². The second-order valence-corrected chi connectivity index (χ2v) is 2.19. The second-order valence-electron chi connectivity index (χ2n) is 1.31. The molecule has 6 nitrogen and oxygen atoms in total. The first kappa shape index (κ1) is 29.6. The molecular weight excluding hydrogens is 251 g/mol. The fourth-order valence-corrected chi connectivity index (χ4v) is 0. The topological polar surface area (TPSA) is 127 Å². The number of carbonyl (C=O) groups is 2. The summed E-state index contributed by atoms with van der Waals surface area (Å²) in [5, 5.41) is 13.9. The Hall–Kier alpha value is 0.560. The molecular formula is C6H19N2NaO4S2. The van der Waals surface area contributed by atoms with E-state index in [2.05, 4.69) is 36.7 Å². The molecule has 0 atom stereocenters. The van der Waals surface area contributed by atoms with E-state index in [-0.39, 0.29) is 44.2 Å². The van der Waals surface area contributed by atoms with Crippen LogP contribution in [0.3, 0.4) is 0 Å². The minimum Gasteiger partial charge on any atom is -1.00 e. The number of carbonyl (C=O) groups excluding carboxylic acids is 2. The zero-order valence-corrected chi connectivity index (χ0v) is 13.0. The minimum absolute atomic E-state index is 0. The maximum absolute atomic E-state index is 9.09. The van der Waals surface area contributed by atoms with Gasteiger partial charge in [-0.2, -0.15) is 0 Å². The predicted octanol–water partition coefficient (Wildman–Crippen LogP) is -2.90. The Balaban J connectivity index is -0.0000000202. The molecule has 0 spiro atoms. The first-order chi connectivity index (χ1) is 6.29. The van der Waals surface area contributed by atoms with Gasteiger partial charge in [0.2, 0.25) is 0 Å². The molecule has 9 heteroatoms. The summed E-state index contributed by atoms with van der Waals surface area (Å²) in [6.07, 6.45) is 0. The molecule has 0 rings (SSSR count). The van der Waals surface area contributed by atoms with Gasteiger partial charge in [0, 0.05) is 13.2 Å². The number of hydrogen-bond donors (Lipinski definition) is 6. The predicted molar refractivity (Wildman–Crippen MR) is 63.8 cm³/mol. The van der Waals surface area contributed by atoms with Crippen molar-refractivity contribution in [1.82, 2.24) is 0 Å². The summed E-state index contributed by atoms with van der Waals surface area (Å²) in [7, 11) is 0. The molecule has 0 aliphatic heterocycles. The normalized spacial score (nSPS) is 5.73. The molecule has 0 unspecified atom stereocenters. The number of aliphatic hydroxyl groups excluding tert-OH is 2. The van der Waals surface area contributed by atoms with Gasteiger partial charge in [-0.15, -0.1) is 0 Å². The van der Waals surface area contributed by atoms with Gasteiger partial charge in [0.15, 0.2) is 0 Å². The Morgan fingerprint density at radius 2 is 1.07 bits per heavy atom. The van der Waals surface area contributed by atoms with Crippen LogP contribution in [0.25, 0.3) is 0 Å². The average molecular weight is 270 g/mol. The van der Waals surface area contributed by atoms with Crippen LogP contribution >= 0.6 is 25.3 Å². The maximum Gasteiger partial charge on any atom is 1.00 e. The molecule has 0 heterocycles. The molecule has 0 bridgehead atoms. The van der Waals surface area contributed by atoms with Crippen LogP contribution in [0.2, 0.25) is 0 Å². The van der Waals surface area contributed by atoms with E-state index in [0.29, 0.717) is 0 Å². The number of primary amides is 2. The summed E-state index contributed by atoms with van der Waals surface area (Å²) in [6, 6.07) is 0. The molecule has 6 N–H and O–H groups in total. The molecule has 0 aromatic heterocycles. The average Bonchev–Trinajstić information content (AvgIpc) is 1.85. The van der Waals surface area contributed by atoms with Crippen molar-refractivity contribution in [1.29, 1.82) is 0 Å². The van der Waals surface area contributed by atoms with Crippen molar-refractivity contribution in [3.05, 3.63) is 0 Å². The summed E-state index contributed by atoms with van der Waals surface area (Å²) in [4.78, 5) is 18.2. The first-order valence-electron chi connectivity index (χ1n) is 3.48. The Morgan fingerprint density at radius 3 is 1.07 bits per heavy atom. The van der Waals surface area contributed by atoms with Crippen molar-refractivity contribution in [3.8, 4) is 0 Å². The first-order valence-corrected chi connectivity index (χ1v) is 4.37. The third kappa shape index (κ3) is 7320. The zero-order valence-electron chi connectivity index (χ0n) is 10.2. The number of aliphatic hydroxyl groups is 2. The van der Waals surface area contributed by atoms with Gasteiger partial charge in [0.25, 0.3) is 10.5 Å². The fraction of sp³-hybridized carbons (Fsp3) is 0.667. The van der Waals surface area contributed by atoms with Crippen LogP contribution in [0.15, 0.2) is 0 Å². The molecule has 0 fully saturated rings. The minimum atomic E-state index is -0.639. The number of hydrogen-bond acceptors (Lipinski definition) is 4. The molecule has 0 aliphatic rings. The van der Waals surface area contributed by atoms with Crippen molar-refractivity contribution >= 4 is 35.7 Å². The van der Waals surface area contributed by atoms with Crippen LogP contribution in [-0.2, 0) is 0 Å². The fourth-order valence-electron chi connectivity index (χ4n) is 0. The standard InChI is InChI=1S/2C2H6O.2CH3NOS.Na.H/c2*1-2-3;2*2-1(3)4;;/h2*3H,2H2,1H3;2*(H3,2,3,4);;/q;;;;+1;-1. The largest absolute Gasteiger partial charge is 1.00 e. The van der Waals surface area contributed by atoms with Gasteiger partial charge < -0.3 is 23.1 Å². The second kappa shape index (κ2) is 36.5. The monoisotopic (exact) mass is 270 g/mol. The molecule has 0 aromatic carbocycles. The molecule has 0 aromatic rings. The van der Waals surface area contributed by atoms with E-state index < -0.39 is 10.5 Å². The van der Waals surface area contributed by atoms with Gasteiger partial charge in [-0.25, -0.2) is 0 Å². The third-order valence-electron chi connectivity index (χ3n) is 0. The van der Waals surface area contributed by atoms with Gasteiger partial charge in [-0.05, 0) is 13.8 Å². The summed E-state index contributed by atoms with van der Waals surface area (Å²) in [5.74, 6) is 0. The van der Waals surface area contributed by atoms with Crippen LogP contribution in [0.5, 0.6) is 0 Å². The van der Waals surface area contributed by atoms with Crippen molar-refractivity contribution in [3.63, 3.8) is 0 Å². The van der Waals surface area contributed by atoms with E-state index in [9.17, 15) is 0 Å². The molecule has 0 radical (unpaired) electrons. The molecule has 90 valence electrons. The van der Waals surface area contributed by atoms with Crippen molar-refractivity contribution in [2.45, 2.75) is 13.8 Å². The van der Waals surface area contributed by atoms with Crippen LogP contribution in [0, 0.1) is 0 Å². The molecule has 0 saturated heterocycles. The zero-order chi connectivity index (χ0) is 12.6. The van der Waals surface area contributed by atoms with E-state index in [0.717, 1.165) is 0 Å². The quantitative estimate of drug-likeness (QED) is 0.208. The molecule has 2 amide bonds. The van der Waals surface area contributed by atoms with Crippen LogP contribution in [0.1, 0.15) is 15.3 Å². The van der Waals surface area contributed by atoms with Gasteiger partial charge in [0.1, 0.15) is 0 Å². The van der Waals surface area contributed by atoms with E-state index in [1.54, 1.807) is 13.8 Å². The summed E-state index contributed by atoms with van der Waals surface area (Å²) >= 11 is 6.21. The smallest absolute Gasteiger partial charge is 1.00 e. The van der Waals surface area contributed by atoms with Gasteiger partial charge in [-0.3, -0.25) is 9.59 Å². The van der Waals surface area contributed by atoms with E-state index in [4.69, 9.17) is 19.8 Å². The van der Waals surface area contributed by atoms with Crippen LogP contribution in [0.4, 0.5) is 9.59 Å². The number of amides is 2. The van der Waals surface area contributed by atoms with Crippen LogP contribution in [-0.4, -0.2) is 33.9 Å². The number of rotatable bonds is 0. The number of thiol groups is 2. The van der Waals surface area contributed by atoms with Crippen molar-refractivity contribution < 1.29 is 50.8 Å². The third-order valence-corrected chi connectivity index (χ3v) is 0. The molecule has 0 saturated carbocycles. The van der Waals surface area contributed by atoms with Gasteiger partial charge in [-0.1, -0.05) is 25.3 Å². The van der Waals surface area contributed by atoms with E-state index >= 15 is 0 Å². The SMILES string of the molecule is CCO.CCO.NC(=O)S.NC(=O)S.[H-].[Na+]. The van der Waals surface area contributed by atoms with Crippen molar-refractivity contribution in [2.24, 2.45) is 11.5 Å². The Bertz CT molecular complexity index is 113. The Kier molecular flexibility index (Phi) is 72.1. The Morgan fingerprint density at radius 1 is 1.07 bits per heavy atom. The van der Waals surface area contributed by atoms with Crippen molar-refractivity contribution in [2.75, 3.05) is 13.2 Å². The molecule has 15 heavy (non-hydrogen) atoms. The van der Waals surface area contributed by atoms with Gasteiger partial charge >= 0.3 is 29.6 Å². The van der Waals surface area contributed by atoms with E-state index in [1.807, 2.05) is 0 Å². The summed E-state index contributed by atoms with van der Waals surface area (Å²) < 4.78 is 0. The summed E-state index contributed by atoms with van der Waals surface area (Å²) in [6.45, 7) is 3.86. The van der Waals surface area contributed by atoms with Gasteiger partial charge in [0.05, 0.1) is 0 Å².